The van der Waals surface area contributed by atoms with Crippen molar-refractivity contribution < 1.29 is 14.0 Å². The highest BCUT2D eigenvalue weighted by Gasteiger charge is 2.26. The standard InChI is InChI=1S/C18H20FN3O2/c1-11(2)16(18(24)21-15-9-8-12(3)10-20-15)22-17(23)13-6-4-5-7-14(13)19/h4-11,16H,1-3H3,(H,22,23)(H,20,21,24). The van der Waals surface area contributed by atoms with E-state index in [4.69, 9.17) is 0 Å². The van der Waals surface area contributed by atoms with Crippen LogP contribution < -0.4 is 10.6 Å². The molecule has 0 spiro atoms. The molecule has 0 aliphatic heterocycles. The van der Waals surface area contributed by atoms with E-state index in [1.54, 1.807) is 32.2 Å². The third-order valence-corrected chi connectivity index (χ3v) is 3.52. The Balaban J connectivity index is 2.11. The zero-order valence-electron chi connectivity index (χ0n) is 13.8. The Morgan fingerprint density at radius 1 is 1.12 bits per heavy atom. The van der Waals surface area contributed by atoms with Gasteiger partial charge in [-0.05, 0) is 36.6 Å². The van der Waals surface area contributed by atoms with E-state index in [1.807, 2.05) is 13.0 Å². The summed E-state index contributed by atoms with van der Waals surface area (Å²) in [5.41, 5.74) is 0.880. The third-order valence-electron chi connectivity index (χ3n) is 3.52. The molecule has 1 heterocycles. The van der Waals surface area contributed by atoms with Gasteiger partial charge in [0.25, 0.3) is 5.91 Å². The first kappa shape index (κ1) is 17.6. The average molecular weight is 329 g/mol. The van der Waals surface area contributed by atoms with E-state index < -0.39 is 23.7 Å². The molecule has 0 aliphatic carbocycles. The predicted molar refractivity (Wildman–Crippen MR) is 90.1 cm³/mol. The van der Waals surface area contributed by atoms with Gasteiger partial charge in [-0.25, -0.2) is 9.37 Å². The highest BCUT2D eigenvalue weighted by atomic mass is 19.1. The van der Waals surface area contributed by atoms with E-state index >= 15 is 0 Å². The molecule has 0 fully saturated rings. The minimum atomic E-state index is -0.805. The van der Waals surface area contributed by atoms with Crippen molar-refractivity contribution in [2.24, 2.45) is 5.92 Å². The lowest BCUT2D eigenvalue weighted by atomic mass is 10.0. The Hall–Kier alpha value is -2.76. The van der Waals surface area contributed by atoms with Gasteiger partial charge in [0.15, 0.2) is 0 Å². The molecule has 2 aromatic rings. The van der Waals surface area contributed by atoms with Crippen molar-refractivity contribution in [3.05, 3.63) is 59.5 Å². The molecule has 1 atom stereocenters. The summed E-state index contributed by atoms with van der Waals surface area (Å²) in [6.07, 6.45) is 1.64. The number of rotatable bonds is 5. The quantitative estimate of drug-likeness (QED) is 0.886. The molecule has 126 valence electrons. The molecule has 2 N–H and O–H groups in total. The largest absolute Gasteiger partial charge is 0.340 e. The van der Waals surface area contributed by atoms with Gasteiger partial charge in [0.2, 0.25) is 5.91 Å². The first-order chi connectivity index (χ1) is 11.4. The van der Waals surface area contributed by atoms with Gasteiger partial charge in [0, 0.05) is 6.20 Å². The molecule has 5 nitrogen and oxygen atoms in total. The van der Waals surface area contributed by atoms with Gasteiger partial charge in [-0.1, -0.05) is 32.0 Å². The Morgan fingerprint density at radius 2 is 1.83 bits per heavy atom. The number of pyridine rings is 1. The van der Waals surface area contributed by atoms with E-state index in [1.165, 1.54) is 18.2 Å². The van der Waals surface area contributed by atoms with Crippen LogP contribution in [-0.2, 0) is 4.79 Å². The number of benzene rings is 1. The third kappa shape index (κ3) is 4.38. The minimum Gasteiger partial charge on any atom is -0.340 e. The summed E-state index contributed by atoms with van der Waals surface area (Å²) in [7, 11) is 0. The van der Waals surface area contributed by atoms with Gasteiger partial charge >= 0.3 is 0 Å². The van der Waals surface area contributed by atoms with E-state index in [9.17, 15) is 14.0 Å². The van der Waals surface area contributed by atoms with Gasteiger partial charge in [0.1, 0.15) is 17.7 Å². The molecule has 1 aromatic carbocycles. The number of hydrogen-bond acceptors (Lipinski definition) is 3. The van der Waals surface area contributed by atoms with Gasteiger partial charge in [-0.3, -0.25) is 9.59 Å². The minimum absolute atomic E-state index is 0.0931. The Kier molecular flexibility index (Phi) is 5.63. The van der Waals surface area contributed by atoms with Gasteiger partial charge < -0.3 is 10.6 Å². The SMILES string of the molecule is Cc1ccc(NC(=O)C(NC(=O)c2ccccc2F)C(C)C)nc1. The van der Waals surface area contributed by atoms with Crippen LogP contribution in [0, 0.1) is 18.7 Å². The molecular formula is C18H20FN3O2. The van der Waals surface area contributed by atoms with Crippen LogP contribution in [0.15, 0.2) is 42.6 Å². The molecule has 0 bridgehead atoms. The number of nitrogens with one attached hydrogen (secondary N) is 2. The number of carbonyl (C=O) groups is 2. The molecule has 24 heavy (non-hydrogen) atoms. The van der Waals surface area contributed by atoms with Crippen LogP contribution in [0.4, 0.5) is 10.2 Å². The second-order valence-corrected chi connectivity index (χ2v) is 5.89. The number of anilines is 1. The summed E-state index contributed by atoms with van der Waals surface area (Å²) in [6.45, 7) is 5.49. The average Bonchev–Trinajstić information content (AvgIpc) is 2.54. The van der Waals surface area contributed by atoms with Crippen molar-refractivity contribution in [2.75, 3.05) is 5.32 Å². The van der Waals surface area contributed by atoms with Crippen molar-refractivity contribution in [3.8, 4) is 0 Å². The number of aryl methyl sites for hydroxylation is 1. The van der Waals surface area contributed by atoms with Crippen LogP contribution in [0.5, 0.6) is 0 Å². The molecule has 0 saturated carbocycles. The molecule has 2 amide bonds. The van der Waals surface area contributed by atoms with Gasteiger partial charge in [0.05, 0.1) is 5.56 Å². The van der Waals surface area contributed by atoms with E-state index in [2.05, 4.69) is 15.6 Å². The number of hydrogen-bond donors (Lipinski definition) is 2. The van der Waals surface area contributed by atoms with Gasteiger partial charge in [-0.15, -0.1) is 0 Å². The van der Waals surface area contributed by atoms with Gasteiger partial charge in [-0.2, -0.15) is 0 Å². The van der Waals surface area contributed by atoms with Crippen LogP contribution in [0.1, 0.15) is 29.8 Å². The highest BCUT2D eigenvalue weighted by Crippen LogP contribution is 2.11. The summed E-state index contributed by atoms with van der Waals surface area (Å²) in [5, 5.41) is 5.25. The monoisotopic (exact) mass is 329 g/mol. The number of nitrogens with zero attached hydrogens (tertiary/aromatic N) is 1. The summed E-state index contributed by atoms with van der Waals surface area (Å²) < 4.78 is 13.7. The lowest BCUT2D eigenvalue weighted by Gasteiger charge is -2.21. The number of halogens is 1. The molecule has 0 saturated heterocycles. The van der Waals surface area contributed by atoms with E-state index in [-0.39, 0.29) is 11.5 Å². The molecule has 1 aromatic heterocycles. The molecule has 6 heteroatoms. The normalized spacial score (nSPS) is 11.9. The second kappa shape index (κ2) is 7.68. The van der Waals surface area contributed by atoms with Crippen LogP contribution in [-0.4, -0.2) is 22.8 Å². The maximum atomic E-state index is 13.7. The maximum Gasteiger partial charge on any atom is 0.254 e. The lowest BCUT2D eigenvalue weighted by molar-refractivity contribution is -0.118. The first-order valence-electron chi connectivity index (χ1n) is 7.67. The maximum absolute atomic E-state index is 13.7. The summed E-state index contributed by atoms with van der Waals surface area (Å²) in [4.78, 5) is 28.8. The number of aromatic nitrogens is 1. The second-order valence-electron chi connectivity index (χ2n) is 5.89. The summed E-state index contributed by atoms with van der Waals surface area (Å²) >= 11 is 0. The van der Waals surface area contributed by atoms with Crippen molar-refractivity contribution in [1.82, 2.24) is 10.3 Å². The van der Waals surface area contributed by atoms with E-state index in [0.29, 0.717) is 5.82 Å². The van der Waals surface area contributed by atoms with Crippen LogP contribution in [0.2, 0.25) is 0 Å². The van der Waals surface area contributed by atoms with Crippen molar-refractivity contribution in [3.63, 3.8) is 0 Å². The fourth-order valence-electron chi connectivity index (χ4n) is 2.15. The van der Waals surface area contributed by atoms with Crippen molar-refractivity contribution in [2.45, 2.75) is 26.8 Å². The summed E-state index contributed by atoms with van der Waals surface area (Å²) in [5.74, 6) is -1.43. The zero-order valence-corrected chi connectivity index (χ0v) is 13.8. The molecular weight excluding hydrogens is 309 g/mol. The van der Waals surface area contributed by atoms with Crippen molar-refractivity contribution in [1.29, 1.82) is 0 Å². The number of carbonyl (C=O) groups excluding carboxylic acids is 2. The Morgan fingerprint density at radius 3 is 2.42 bits per heavy atom. The van der Waals surface area contributed by atoms with E-state index in [0.717, 1.165) is 5.56 Å². The molecule has 0 radical (unpaired) electrons. The fraction of sp³-hybridized carbons (Fsp3) is 0.278. The lowest BCUT2D eigenvalue weighted by Crippen LogP contribution is -2.47. The smallest absolute Gasteiger partial charge is 0.254 e. The van der Waals surface area contributed by atoms with Crippen molar-refractivity contribution >= 4 is 17.6 Å². The molecule has 1 unspecified atom stereocenters. The topological polar surface area (TPSA) is 71.1 Å². The predicted octanol–water partition coefficient (Wildman–Crippen LogP) is 2.92. The van der Waals surface area contributed by atoms with Crippen LogP contribution in [0.3, 0.4) is 0 Å². The first-order valence-corrected chi connectivity index (χ1v) is 7.67. The highest BCUT2D eigenvalue weighted by molar-refractivity contribution is 6.01. The number of amides is 2. The Bertz CT molecular complexity index is 729. The zero-order chi connectivity index (χ0) is 17.7. The molecule has 0 aliphatic rings. The van der Waals surface area contributed by atoms with Crippen LogP contribution >= 0.6 is 0 Å². The summed E-state index contributed by atoms with van der Waals surface area (Å²) in [6, 6.07) is 8.35. The Labute approximate surface area is 140 Å². The van der Waals surface area contributed by atoms with Crippen LogP contribution in [0.25, 0.3) is 0 Å². The fourth-order valence-corrected chi connectivity index (χ4v) is 2.15. The molecule has 2 rings (SSSR count).